The summed E-state index contributed by atoms with van der Waals surface area (Å²) in [4.78, 5) is 15.7. The Morgan fingerprint density at radius 1 is 1.07 bits per heavy atom. The summed E-state index contributed by atoms with van der Waals surface area (Å²) < 4.78 is 16.5. The van der Waals surface area contributed by atoms with E-state index in [9.17, 15) is 35.4 Å². The topological polar surface area (TPSA) is 178 Å². The van der Waals surface area contributed by atoms with E-state index in [1.54, 1.807) is 0 Å². The summed E-state index contributed by atoms with van der Waals surface area (Å²) in [6.07, 6.45) is -11.9. The molecule has 0 radical (unpaired) electrons. The Bertz CT molecular complexity index is 598. The van der Waals surface area contributed by atoms with E-state index in [0.29, 0.717) is 5.90 Å². The summed E-state index contributed by atoms with van der Waals surface area (Å²) in [5.74, 6) is -2.32. The van der Waals surface area contributed by atoms with Gasteiger partial charge in [0.1, 0.15) is 30.5 Å². The Morgan fingerprint density at radius 3 is 2.30 bits per heavy atom. The van der Waals surface area contributed by atoms with Crippen molar-refractivity contribution in [1.82, 2.24) is 0 Å². The minimum absolute atomic E-state index is 0.0963. The fourth-order valence-corrected chi connectivity index (χ4v) is 3.76. The van der Waals surface area contributed by atoms with Crippen molar-refractivity contribution in [2.24, 2.45) is 16.8 Å². The van der Waals surface area contributed by atoms with Crippen molar-refractivity contribution in [3.63, 3.8) is 0 Å². The largest absolute Gasteiger partial charge is 0.479 e. The molecule has 11 heteroatoms. The molecule has 10 atom stereocenters. The van der Waals surface area contributed by atoms with E-state index in [1.165, 1.54) is 0 Å². The van der Waals surface area contributed by atoms with Crippen molar-refractivity contribution in [1.29, 1.82) is 0 Å². The van der Waals surface area contributed by atoms with Gasteiger partial charge in [-0.05, 0) is 0 Å². The van der Waals surface area contributed by atoms with Gasteiger partial charge in [-0.25, -0.2) is 9.79 Å². The molecule has 0 aromatic rings. The average molecular weight is 391 g/mol. The van der Waals surface area contributed by atoms with Crippen LogP contribution in [0.4, 0.5) is 0 Å². The zero-order valence-electron chi connectivity index (χ0n) is 14.8. The second-order valence-corrected chi connectivity index (χ2v) is 7.36. The van der Waals surface area contributed by atoms with Gasteiger partial charge in [-0.2, -0.15) is 0 Å². The summed E-state index contributed by atoms with van der Waals surface area (Å²) in [5.41, 5.74) is 0. The van der Waals surface area contributed by atoms with Crippen molar-refractivity contribution in [2.75, 3.05) is 6.61 Å². The van der Waals surface area contributed by atoms with Crippen molar-refractivity contribution >= 4 is 11.9 Å². The number of fused-ring (bicyclic) bond motifs is 1. The summed E-state index contributed by atoms with van der Waals surface area (Å²) in [7, 11) is 0. The standard InChI is InChI=1S/C16H25NO10/c1-4(2)14-17-7-6(8(19)5(3-18)25-16(7)27-14)12-10(21)9(20)11(22)13(26-12)15(23)24/h4-13,16,18-22H,3H2,1-2H3,(H,23,24)/t5-,6?,7-,8-,9-,10-,11+,12+,13+,16-/m1/s1. The number of carboxylic acids is 1. The van der Waals surface area contributed by atoms with Gasteiger partial charge in [0.25, 0.3) is 0 Å². The van der Waals surface area contributed by atoms with Gasteiger partial charge in [0.05, 0.1) is 18.8 Å². The van der Waals surface area contributed by atoms with E-state index in [1.807, 2.05) is 13.8 Å². The lowest BCUT2D eigenvalue weighted by atomic mass is 9.78. The molecule has 0 saturated carbocycles. The van der Waals surface area contributed by atoms with Gasteiger partial charge in [-0.1, -0.05) is 13.8 Å². The van der Waals surface area contributed by atoms with Gasteiger partial charge in [0.15, 0.2) is 12.0 Å². The van der Waals surface area contributed by atoms with Gasteiger partial charge in [0.2, 0.25) is 6.29 Å². The SMILES string of the molecule is CC(C)C1=N[C@@H]2C([C@@H]3O[C@H](C(=O)O)[C@@H](O)[C@H](O)[C@H]3O)[C@H](O)[C@@H](CO)O[C@@H]2O1. The van der Waals surface area contributed by atoms with Crippen LogP contribution < -0.4 is 0 Å². The first-order valence-corrected chi connectivity index (χ1v) is 8.78. The monoisotopic (exact) mass is 391 g/mol. The van der Waals surface area contributed by atoms with Crippen molar-refractivity contribution < 1.29 is 49.6 Å². The van der Waals surface area contributed by atoms with Crippen LogP contribution in [0.2, 0.25) is 0 Å². The fraction of sp³-hybridized carbons (Fsp3) is 0.875. The molecule has 6 N–H and O–H groups in total. The molecular weight excluding hydrogens is 366 g/mol. The molecule has 1 unspecified atom stereocenters. The van der Waals surface area contributed by atoms with Crippen LogP contribution in [0.3, 0.4) is 0 Å². The van der Waals surface area contributed by atoms with E-state index in [2.05, 4.69) is 4.99 Å². The van der Waals surface area contributed by atoms with E-state index < -0.39 is 73.6 Å². The van der Waals surface area contributed by atoms with Crippen molar-refractivity contribution in [3.8, 4) is 0 Å². The zero-order valence-corrected chi connectivity index (χ0v) is 14.8. The van der Waals surface area contributed by atoms with Gasteiger partial charge < -0.3 is 44.8 Å². The molecule has 0 amide bonds. The highest BCUT2D eigenvalue weighted by Crippen LogP contribution is 2.40. The predicted molar refractivity (Wildman–Crippen MR) is 86.7 cm³/mol. The molecular formula is C16H25NO10. The van der Waals surface area contributed by atoms with Crippen LogP contribution in [-0.2, 0) is 19.0 Å². The predicted octanol–water partition coefficient (Wildman–Crippen LogP) is -2.93. The number of aliphatic hydroxyl groups is 5. The van der Waals surface area contributed by atoms with Crippen LogP contribution in [-0.4, -0.2) is 104 Å². The first-order valence-electron chi connectivity index (χ1n) is 8.78. The Kier molecular flexibility index (Phi) is 5.73. The molecule has 0 aliphatic carbocycles. The maximum atomic E-state index is 11.4. The Labute approximate surface area is 154 Å². The van der Waals surface area contributed by atoms with Crippen molar-refractivity contribution in [2.45, 2.75) is 68.9 Å². The fourth-order valence-electron chi connectivity index (χ4n) is 3.76. The third kappa shape index (κ3) is 3.44. The molecule has 2 fully saturated rings. The minimum Gasteiger partial charge on any atom is -0.479 e. The number of aliphatic hydroxyl groups excluding tert-OH is 5. The first-order chi connectivity index (χ1) is 12.7. The molecule has 11 nitrogen and oxygen atoms in total. The maximum absolute atomic E-state index is 11.4. The average Bonchev–Trinajstić information content (AvgIpc) is 3.04. The molecule has 3 aliphatic rings. The second-order valence-electron chi connectivity index (χ2n) is 7.36. The molecule has 3 heterocycles. The van der Waals surface area contributed by atoms with Crippen LogP contribution >= 0.6 is 0 Å². The number of aliphatic carboxylic acids is 1. The lowest BCUT2D eigenvalue weighted by molar-refractivity contribution is -0.279. The summed E-state index contributed by atoms with van der Waals surface area (Å²) in [6.45, 7) is 3.10. The third-order valence-corrected chi connectivity index (χ3v) is 5.22. The molecule has 0 aromatic heterocycles. The molecule has 3 aliphatic heterocycles. The number of hydrogen-bond donors (Lipinski definition) is 6. The number of carbonyl (C=O) groups is 1. The first kappa shape index (κ1) is 20.4. The Morgan fingerprint density at radius 2 is 1.74 bits per heavy atom. The number of rotatable bonds is 4. The highest BCUT2D eigenvalue weighted by atomic mass is 16.7. The van der Waals surface area contributed by atoms with E-state index in [0.717, 1.165) is 0 Å². The van der Waals surface area contributed by atoms with Crippen LogP contribution in [0.1, 0.15) is 13.8 Å². The smallest absolute Gasteiger partial charge is 0.335 e. The van der Waals surface area contributed by atoms with Crippen molar-refractivity contribution in [3.05, 3.63) is 0 Å². The normalized spacial score (nSPS) is 47.3. The van der Waals surface area contributed by atoms with Crippen LogP contribution in [0.5, 0.6) is 0 Å². The number of hydrogen-bond acceptors (Lipinski definition) is 10. The summed E-state index contributed by atoms with van der Waals surface area (Å²) in [5, 5.41) is 59.8. The third-order valence-electron chi connectivity index (χ3n) is 5.22. The molecule has 154 valence electrons. The van der Waals surface area contributed by atoms with E-state index >= 15 is 0 Å². The minimum atomic E-state index is -1.84. The van der Waals surface area contributed by atoms with Crippen LogP contribution in [0.15, 0.2) is 4.99 Å². The molecule has 3 rings (SSSR count). The summed E-state index contributed by atoms with van der Waals surface area (Å²) >= 11 is 0. The zero-order chi connectivity index (χ0) is 20.0. The van der Waals surface area contributed by atoms with E-state index in [-0.39, 0.29) is 5.92 Å². The van der Waals surface area contributed by atoms with Gasteiger partial charge in [-0.3, -0.25) is 0 Å². The molecule has 2 saturated heterocycles. The maximum Gasteiger partial charge on any atom is 0.335 e. The number of ether oxygens (including phenoxy) is 3. The van der Waals surface area contributed by atoms with E-state index in [4.69, 9.17) is 14.2 Å². The molecule has 0 aromatic carbocycles. The number of nitrogens with zero attached hydrogens (tertiary/aromatic N) is 1. The second kappa shape index (κ2) is 7.59. The Balaban J connectivity index is 1.96. The van der Waals surface area contributed by atoms with Crippen LogP contribution in [0.25, 0.3) is 0 Å². The lowest BCUT2D eigenvalue weighted by Crippen LogP contribution is -2.67. The summed E-state index contributed by atoms with van der Waals surface area (Å²) in [6, 6.07) is -0.850. The molecule has 27 heavy (non-hydrogen) atoms. The molecule has 0 spiro atoms. The van der Waals surface area contributed by atoms with Gasteiger partial charge in [0, 0.05) is 11.8 Å². The Hall–Kier alpha value is -1.34. The lowest BCUT2D eigenvalue weighted by Gasteiger charge is -2.48. The van der Waals surface area contributed by atoms with Gasteiger partial charge in [-0.15, -0.1) is 0 Å². The number of carboxylic acid groups (broad SMARTS) is 1. The highest BCUT2D eigenvalue weighted by Gasteiger charge is 2.58. The van der Waals surface area contributed by atoms with Gasteiger partial charge >= 0.3 is 5.97 Å². The quantitative estimate of drug-likeness (QED) is 0.290. The highest BCUT2D eigenvalue weighted by molar-refractivity contribution is 5.80. The molecule has 0 bridgehead atoms. The van der Waals surface area contributed by atoms with Crippen LogP contribution in [0, 0.1) is 11.8 Å². The number of aliphatic imine (C=N–C) groups is 1.